The highest BCUT2D eigenvalue weighted by molar-refractivity contribution is 5.58. The quantitative estimate of drug-likeness (QED) is 0.901. The van der Waals surface area contributed by atoms with Gasteiger partial charge < -0.3 is 14.8 Å². The molecule has 20 heavy (non-hydrogen) atoms. The van der Waals surface area contributed by atoms with E-state index in [1.165, 1.54) is 12.1 Å². The van der Waals surface area contributed by atoms with Crippen LogP contribution in [0.1, 0.15) is 24.8 Å². The van der Waals surface area contributed by atoms with E-state index in [2.05, 4.69) is 5.32 Å². The number of halogens is 1. The van der Waals surface area contributed by atoms with Crippen LogP contribution in [0.2, 0.25) is 0 Å². The van der Waals surface area contributed by atoms with E-state index in [0.717, 1.165) is 25.9 Å². The second kappa shape index (κ2) is 5.39. The van der Waals surface area contributed by atoms with E-state index >= 15 is 0 Å². The van der Waals surface area contributed by atoms with E-state index in [4.69, 9.17) is 14.7 Å². The number of rotatable bonds is 2. The fraction of sp³-hybridized carbons (Fsp3) is 0.533. The largest absolute Gasteiger partial charge is 0.381 e. The molecule has 2 atom stereocenters. The van der Waals surface area contributed by atoms with Crippen LogP contribution in [-0.4, -0.2) is 31.5 Å². The summed E-state index contributed by atoms with van der Waals surface area (Å²) in [6.45, 7) is 2.07. The molecule has 0 bridgehead atoms. The lowest BCUT2D eigenvalue weighted by atomic mass is 9.89. The number of ether oxygens (including phenoxy) is 2. The molecule has 0 saturated carbocycles. The summed E-state index contributed by atoms with van der Waals surface area (Å²) in [5, 5.41) is 12.4. The van der Waals surface area contributed by atoms with Crippen molar-refractivity contribution in [3.05, 3.63) is 29.6 Å². The van der Waals surface area contributed by atoms with Crippen molar-refractivity contribution in [1.82, 2.24) is 0 Å². The summed E-state index contributed by atoms with van der Waals surface area (Å²) in [5.74, 6) is -0.389. The second-order valence-electron chi connectivity index (χ2n) is 5.47. The molecule has 2 unspecified atom stereocenters. The van der Waals surface area contributed by atoms with E-state index in [1.54, 1.807) is 6.07 Å². The highest BCUT2D eigenvalue weighted by Crippen LogP contribution is 2.34. The van der Waals surface area contributed by atoms with Crippen LogP contribution in [0.3, 0.4) is 0 Å². The molecule has 1 N–H and O–H groups in total. The van der Waals surface area contributed by atoms with Crippen molar-refractivity contribution in [2.75, 3.05) is 25.1 Å². The fourth-order valence-corrected chi connectivity index (χ4v) is 2.97. The van der Waals surface area contributed by atoms with Gasteiger partial charge in [-0.2, -0.15) is 5.26 Å². The molecular weight excluding hydrogens is 259 g/mol. The molecule has 1 aromatic rings. The van der Waals surface area contributed by atoms with E-state index < -0.39 is 0 Å². The molecule has 4 nitrogen and oxygen atoms in total. The van der Waals surface area contributed by atoms with Crippen molar-refractivity contribution in [2.24, 2.45) is 0 Å². The molecule has 0 radical (unpaired) electrons. The molecule has 2 fully saturated rings. The van der Waals surface area contributed by atoms with Gasteiger partial charge in [-0.05, 0) is 31.0 Å². The van der Waals surface area contributed by atoms with Crippen molar-refractivity contribution in [2.45, 2.75) is 30.9 Å². The maximum absolute atomic E-state index is 13.1. The second-order valence-corrected chi connectivity index (χ2v) is 5.47. The first kappa shape index (κ1) is 13.3. The molecule has 106 valence electrons. The van der Waals surface area contributed by atoms with Crippen LogP contribution in [0.5, 0.6) is 0 Å². The third-order valence-electron chi connectivity index (χ3n) is 4.02. The average molecular weight is 276 g/mol. The van der Waals surface area contributed by atoms with E-state index in [9.17, 15) is 4.39 Å². The highest BCUT2D eigenvalue weighted by Gasteiger charge is 2.41. The van der Waals surface area contributed by atoms with Gasteiger partial charge in [-0.25, -0.2) is 4.39 Å². The molecule has 1 aromatic carbocycles. The Morgan fingerprint density at radius 1 is 1.40 bits per heavy atom. The zero-order valence-corrected chi connectivity index (χ0v) is 11.2. The molecule has 2 saturated heterocycles. The predicted octanol–water partition coefficient (Wildman–Crippen LogP) is 2.45. The van der Waals surface area contributed by atoms with Crippen molar-refractivity contribution in [1.29, 1.82) is 5.26 Å². The number of anilines is 1. The number of nitriles is 1. The van der Waals surface area contributed by atoms with Crippen LogP contribution in [-0.2, 0) is 9.47 Å². The zero-order valence-electron chi connectivity index (χ0n) is 11.2. The van der Waals surface area contributed by atoms with Crippen LogP contribution in [0.25, 0.3) is 0 Å². The summed E-state index contributed by atoms with van der Waals surface area (Å²) in [5.41, 5.74) is 0.853. The number of benzene rings is 1. The van der Waals surface area contributed by atoms with E-state index in [1.807, 2.05) is 6.07 Å². The molecule has 3 rings (SSSR count). The maximum Gasteiger partial charge on any atom is 0.124 e. The fourth-order valence-electron chi connectivity index (χ4n) is 2.97. The van der Waals surface area contributed by atoms with E-state index in [-0.39, 0.29) is 17.5 Å². The molecule has 2 aliphatic heterocycles. The van der Waals surface area contributed by atoms with Crippen molar-refractivity contribution in [3.63, 3.8) is 0 Å². The zero-order chi connectivity index (χ0) is 14.0. The molecule has 0 amide bonds. The van der Waals surface area contributed by atoms with Gasteiger partial charge >= 0.3 is 0 Å². The Morgan fingerprint density at radius 3 is 3.05 bits per heavy atom. The summed E-state index contributed by atoms with van der Waals surface area (Å²) < 4.78 is 24.5. The lowest BCUT2D eigenvalue weighted by Crippen LogP contribution is -2.45. The summed E-state index contributed by atoms with van der Waals surface area (Å²) >= 11 is 0. The Bertz CT molecular complexity index is 535. The number of nitrogens with one attached hydrogen (secondary N) is 1. The first-order valence-electron chi connectivity index (χ1n) is 6.89. The van der Waals surface area contributed by atoms with Gasteiger partial charge in [-0.1, -0.05) is 0 Å². The van der Waals surface area contributed by atoms with Gasteiger partial charge in [0.05, 0.1) is 23.5 Å². The van der Waals surface area contributed by atoms with Crippen LogP contribution in [0, 0.1) is 17.1 Å². The summed E-state index contributed by atoms with van der Waals surface area (Å²) in [4.78, 5) is 0. The Kier molecular flexibility index (Phi) is 3.60. The van der Waals surface area contributed by atoms with Crippen LogP contribution in [0.15, 0.2) is 18.2 Å². The Hall–Kier alpha value is -1.64. The van der Waals surface area contributed by atoms with Gasteiger partial charge in [-0.3, -0.25) is 0 Å². The smallest absolute Gasteiger partial charge is 0.124 e. The van der Waals surface area contributed by atoms with Gasteiger partial charge in [0.25, 0.3) is 0 Å². The summed E-state index contributed by atoms with van der Waals surface area (Å²) in [6, 6.07) is 6.51. The molecule has 1 spiro atoms. The Balaban J connectivity index is 1.73. The van der Waals surface area contributed by atoms with Crippen molar-refractivity contribution >= 4 is 5.69 Å². The third-order valence-corrected chi connectivity index (χ3v) is 4.02. The standard InChI is InChI=1S/C15H17FN2O2/c16-12-1-2-14(11(7-12)9-17)18-13-3-5-20-15(8-13)4-6-19-10-15/h1-2,7,13,18H,3-6,8,10H2. The topological polar surface area (TPSA) is 54.3 Å². The molecule has 2 aliphatic rings. The normalized spacial score (nSPS) is 29.3. The average Bonchev–Trinajstić information content (AvgIpc) is 2.89. The van der Waals surface area contributed by atoms with Gasteiger partial charge in [-0.15, -0.1) is 0 Å². The molecular formula is C15H17FN2O2. The van der Waals surface area contributed by atoms with Crippen molar-refractivity contribution in [3.8, 4) is 6.07 Å². The summed E-state index contributed by atoms with van der Waals surface area (Å²) in [6.07, 6.45) is 2.65. The minimum atomic E-state index is -0.389. The van der Waals surface area contributed by atoms with Gasteiger partial charge in [0, 0.05) is 25.7 Å². The SMILES string of the molecule is N#Cc1cc(F)ccc1NC1CCOC2(CCOC2)C1. The first-order chi connectivity index (χ1) is 9.71. The molecule has 0 aromatic heterocycles. The predicted molar refractivity (Wildman–Crippen MR) is 71.9 cm³/mol. The van der Waals surface area contributed by atoms with E-state index in [0.29, 0.717) is 24.5 Å². The van der Waals surface area contributed by atoms with Gasteiger partial charge in [0.15, 0.2) is 0 Å². The Morgan fingerprint density at radius 2 is 2.30 bits per heavy atom. The lowest BCUT2D eigenvalue weighted by molar-refractivity contribution is -0.0828. The van der Waals surface area contributed by atoms with Crippen molar-refractivity contribution < 1.29 is 13.9 Å². The minimum absolute atomic E-state index is 0.178. The summed E-state index contributed by atoms with van der Waals surface area (Å²) in [7, 11) is 0. The first-order valence-corrected chi connectivity index (χ1v) is 6.89. The van der Waals surface area contributed by atoms with Crippen LogP contribution < -0.4 is 5.32 Å². The van der Waals surface area contributed by atoms with Gasteiger partial charge in [0.2, 0.25) is 0 Å². The highest BCUT2D eigenvalue weighted by atomic mass is 19.1. The monoisotopic (exact) mass is 276 g/mol. The molecule has 0 aliphatic carbocycles. The third kappa shape index (κ3) is 2.62. The lowest BCUT2D eigenvalue weighted by Gasteiger charge is -2.37. The van der Waals surface area contributed by atoms with Crippen LogP contribution >= 0.6 is 0 Å². The number of nitrogens with zero attached hydrogens (tertiary/aromatic N) is 1. The molecule has 5 heteroatoms. The number of hydrogen-bond donors (Lipinski definition) is 1. The maximum atomic E-state index is 13.1. The number of hydrogen-bond acceptors (Lipinski definition) is 4. The Labute approximate surface area is 117 Å². The minimum Gasteiger partial charge on any atom is -0.381 e. The molecule has 2 heterocycles. The van der Waals surface area contributed by atoms with Gasteiger partial charge in [0.1, 0.15) is 11.9 Å². The van der Waals surface area contributed by atoms with Crippen LogP contribution in [0.4, 0.5) is 10.1 Å².